The van der Waals surface area contributed by atoms with Crippen molar-refractivity contribution in [3.63, 3.8) is 0 Å². The molecule has 1 aliphatic heterocycles. The molecule has 0 radical (unpaired) electrons. The minimum absolute atomic E-state index is 0.0211. The van der Waals surface area contributed by atoms with E-state index in [0.717, 1.165) is 50.5 Å². The predicted octanol–water partition coefficient (Wildman–Crippen LogP) is 6.37. The highest BCUT2D eigenvalue weighted by molar-refractivity contribution is 7.14. The van der Waals surface area contributed by atoms with Crippen molar-refractivity contribution in [2.45, 2.75) is 122 Å². The van der Waals surface area contributed by atoms with Crippen LogP contribution in [0.5, 0.6) is 5.75 Å². The van der Waals surface area contributed by atoms with Gasteiger partial charge in [0.1, 0.15) is 41.3 Å². The number of carboxylic acids is 1. The van der Waals surface area contributed by atoms with Crippen molar-refractivity contribution in [1.29, 1.82) is 0 Å². The first-order valence-corrected chi connectivity index (χ1v) is 20.8. The summed E-state index contributed by atoms with van der Waals surface area (Å²) in [6.07, 6.45) is 7.55. The number of thiazole rings is 1. The molecule has 2 aromatic heterocycles. The van der Waals surface area contributed by atoms with E-state index in [-0.39, 0.29) is 31.4 Å². The van der Waals surface area contributed by atoms with E-state index in [1.807, 2.05) is 51.3 Å². The molecule has 15 heteroatoms. The smallest absolute Gasteiger partial charge is 0.408 e. The summed E-state index contributed by atoms with van der Waals surface area (Å²) in [5, 5.41) is 21.5. The number of alkyl carbamates (subject to hydrolysis) is 1. The number of carbonyl (C=O) groups is 5. The molecule has 4 fully saturated rings. The highest BCUT2D eigenvalue weighted by Crippen LogP contribution is 2.45. The number of nitrogens with zero attached hydrogens (tertiary/aromatic N) is 3. The SMILES string of the molecule is C=C[C@@H]1C[C@]1(NC(=O)[C@@H]1C[C@@H](Oc2cc(-c3csc(NC(=O)CC4CCCC4)n3)nc3cc(C)ccc23)CN1C(=O)[C@@H](NC(=O)OC1CCC1)C(C)(C)C)C(=O)O. The number of aryl methyl sites for hydroxylation is 1. The van der Waals surface area contributed by atoms with Crippen LogP contribution in [0.4, 0.5) is 9.93 Å². The Morgan fingerprint density at radius 1 is 1.05 bits per heavy atom. The van der Waals surface area contributed by atoms with Gasteiger partial charge >= 0.3 is 12.1 Å². The molecule has 1 saturated heterocycles. The standard InChI is InChI=1S/C42H52N6O8S/c1-6-25-20-42(25,38(52)53)47-36(50)32-18-27(21-48(32)37(51)35(41(3,4)5)46-40(54)56-26-12-9-13-26)55-33-19-30(43-29-16-23(2)14-15-28(29)33)31-22-57-39(44-31)45-34(49)17-24-10-7-8-11-24/h6,14-16,19,22,24-27,32,35H,1,7-13,17-18,20-21H2,2-5H3,(H,46,54)(H,47,50)(H,52,53)(H,44,45,49)/t25-,27-,32+,35-,42-/m1/s1. The molecule has 0 bridgehead atoms. The van der Waals surface area contributed by atoms with Crippen molar-refractivity contribution >= 4 is 57.2 Å². The van der Waals surface area contributed by atoms with Crippen LogP contribution in [0, 0.1) is 24.2 Å². The molecule has 1 aromatic carbocycles. The number of pyridine rings is 1. The van der Waals surface area contributed by atoms with Crippen LogP contribution in [0.3, 0.4) is 0 Å². The minimum Gasteiger partial charge on any atom is -0.488 e. The first-order valence-electron chi connectivity index (χ1n) is 19.9. The van der Waals surface area contributed by atoms with E-state index in [2.05, 4.69) is 22.5 Å². The molecule has 7 rings (SSSR count). The number of ether oxygens (including phenoxy) is 2. The van der Waals surface area contributed by atoms with E-state index in [9.17, 15) is 29.1 Å². The van der Waals surface area contributed by atoms with Crippen molar-refractivity contribution in [2.75, 3.05) is 11.9 Å². The number of amides is 4. The Balaban J connectivity index is 1.16. The van der Waals surface area contributed by atoms with E-state index in [4.69, 9.17) is 19.4 Å². The van der Waals surface area contributed by atoms with Crippen molar-refractivity contribution in [3.05, 3.63) is 47.9 Å². The van der Waals surface area contributed by atoms with Crippen LogP contribution in [-0.4, -0.2) is 86.1 Å². The summed E-state index contributed by atoms with van der Waals surface area (Å²) in [7, 11) is 0. The van der Waals surface area contributed by atoms with Crippen molar-refractivity contribution in [1.82, 2.24) is 25.5 Å². The van der Waals surface area contributed by atoms with Crippen LogP contribution >= 0.6 is 11.3 Å². The zero-order valence-electron chi connectivity index (χ0n) is 33.0. The Kier molecular flexibility index (Phi) is 11.3. The summed E-state index contributed by atoms with van der Waals surface area (Å²) in [6.45, 7) is 11.1. The monoisotopic (exact) mass is 800 g/mol. The molecule has 3 aliphatic carbocycles. The molecular formula is C42H52N6O8S. The lowest BCUT2D eigenvalue weighted by Gasteiger charge is -2.36. The lowest BCUT2D eigenvalue weighted by molar-refractivity contribution is -0.146. The molecular weight excluding hydrogens is 749 g/mol. The zero-order valence-corrected chi connectivity index (χ0v) is 33.8. The summed E-state index contributed by atoms with van der Waals surface area (Å²) in [5.41, 5.74) is 0.406. The number of hydrogen-bond donors (Lipinski definition) is 4. The highest BCUT2D eigenvalue weighted by atomic mass is 32.1. The fourth-order valence-corrected chi connectivity index (χ4v) is 8.83. The molecule has 3 saturated carbocycles. The minimum atomic E-state index is -1.52. The summed E-state index contributed by atoms with van der Waals surface area (Å²) in [5.74, 6) is -1.97. The average molecular weight is 801 g/mol. The van der Waals surface area contributed by atoms with E-state index >= 15 is 0 Å². The quantitative estimate of drug-likeness (QED) is 0.141. The predicted molar refractivity (Wildman–Crippen MR) is 215 cm³/mol. The van der Waals surface area contributed by atoms with Gasteiger partial charge in [-0.2, -0.15) is 0 Å². The zero-order chi connectivity index (χ0) is 40.6. The maximum atomic E-state index is 14.6. The fourth-order valence-electron chi connectivity index (χ4n) is 8.11. The average Bonchev–Trinajstić information content (AvgIpc) is 3.54. The maximum Gasteiger partial charge on any atom is 0.408 e. The van der Waals surface area contributed by atoms with Crippen LogP contribution < -0.4 is 20.7 Å². The van der Waals surface area contributed by atoms with Gasteiger partial charge in [-0.3, -0.25) is 14.4 Å². The van der Waals surface area contributed by atoms with E-state index in [1.165, 1.54) is 22.3 Å². The van der Waals surface area contributed by atoms with Crippen molar-refractivity contribution in [3.8, 4) is 17.1 Å². The second-order valence-corrected chi connectivity index (χ2v) is 18.0. The van der Waals surface area contributed by atoms with Crippen molar-refractivity contribution < 1.29 is 38.6 Å². The van der Waals surface area contributed by atoms with Crippen LogP contribution in [0.1, 0.15) is 90.5 Å². The molecule has 0 unspecified atom stereocenters. The normalized spacial score (nSPS) is 24.0. The summed E-state index contributed by atoms with van der Waals surface area (Å²) < 4.78 is 12.2. The van der Waals surface area contributed by atoms with Crippen molar-refractivity contribution in [2.24, 2.45) is 17.3 Å². The Morgan fingerprint density at radius 3 is 2.46 bits per heavy atom. The number of anilines is 1. The first-order chi connectivity index (χ1) is 27.1. The first kappa shape index (κ1) is 40.2. The number of aliphatic carboxylic acids is 1. The van der Waals surface area contributed by atoms with Gasteiger partial charge in [0.05, 0.1) is 17.8 Å². The van der Waals surface area contributed by atoms with Gasteiger partial charge in [-0.1, -0.05) is 45.8 Å². The maximum absolute atomic E-state index is 14.6. The molecule has 0 spiro atoms. The summed E-state index contributed by atoms with van der Waals surface area (Å²) >= 11 is 1.32. The Morgan fingerprint density at radius 2 is 1.81 bits per heavy atom. The number of aromatic nitrogens is 2. The number of likely N-dealkylation sites (tertiary alicyclic amines) is 1. The van der Waals surface area contributed by atoms with Gasteiger partial charge in [0.25, 0.3) is 0 Å². The number of benzene rings is 1. The van der Waals surface area contributed by atoms with Crippen LogP contribution in [0.2, 0.25) is 0 Å². The summed E-state index contributed by atoms with van der Waals surface area (Å²) in [6, 6.07) is 5.37. The summed E-state index contributed by atoms with van der Waals surface area (Å²) in [4.78, 5) is 77.8. The van der Waals surface area contributed by atoms with E-state index in [1.54, 1.807) is 6.07 Å². The lowest BCUT2D eigenvalue weighted by atomic mass is 9.85. The van der Waals surface area contributed by atoms with Crippen LogP contribution in [-0.2, 0) is 23.9 Å². The highest BCUT2D eigenvalue weighted by Gasteiger charge is 2.61. The van der Waals surface area contributed by atoms with Gasteiger partial charge in [-0.25, -0.2) is 19.6 Å². The number of rotatable bonds is 13. The topological polar surface area (TPSA) is 189 Å². The molecule has 304 valence electrons. The molecule has 4 N–H and O–H groups in total. The van der Waals surface area contributed by atoms with Gasteiger partial charge in [0.2, 0.25) is 17.7 Å². The lowest BCUT2D eigenvalue weighted by Crippen LogP contribution is -2.59. The Hall–Kier alpha value is -5.05. The van der Waals surface area contributed by atoms with Gasteiger partial charge < -0.3 is 35.4 Å². The van der Waals surface area contributed by atoms with E-state index < -0.39 is 58.9 Å². The van der Waals surface area contributed by atoms with Gasteiger partial charge in [0, 0.05) is 35.6 Å². The number of carboxylic acid groups (broad SMARTS) is 1. The largest absolute Gasteiger partial charge is 0.488 e. The third-order valence-corrected chi connectivity index (χ3v) is 12.5. The van der Waals surface area contributed by atoms with Gasteiger partial charge in [-0.05, 0) is 74.5 Å². The second kappa shape index (κ2) is 16.1. The Labute approximate surface area is 336 Å². The molecule has 14 nitrogen and oxygen atoms in total. The third-order valence-electron chi connectivity index (χ3n) is 11.8. The molecule has 57 heavy (non-hydrogen) atoms. The van der Waals surface area contributed by atoms with Gasteiger partial charge in [0.15, 0.2) is 5.13 Å². The number of hydrogen-bond acceptors (Lipinski definition) is 10. The molecule has 4 amide bonds. The third kappa shape index (κ3) is 8.78. The van der Waals surface area contributed by atoms with Gasteiger partial charge in [-0.15, -0.1) is 17.9 Å². The fraction of sp³-hybridized carbons (Fsp3) is 0.548. The second-order valence-electron chi connectivity index (χ2n) is 17.2. The number of nitrogens with one attached hydrogen (secondary N) is 3. The van der Waals surface area contributed by atoms with E-state index in [0.29, 0.717) is 45.5 Å². The Bertz CT molecular complexity index is 2070. The molecule has 3 heterocycles. The molecule has 4 aliphatic rings. The van der Waals surface area contributed by atoms with Crippen LogP contribution in [0.15, 0.2) is 42.3 Å². The number of carbonyl (C=O) groups excluding carboxylic acids is 4. The van der Waals surface area contributed by atoms with Crippen LogP contribution in [0.25, 0.3) is 22.3 Å². The molecule has 3 aromatic rings. The molecule has 5 atom stereocenters. The number of fused-ring (bicyclic) bond motifs is 1.